The number of nitrogens with zero attached hydrogens (tertiary/aromatic N) is 5. The number of pyridine rings is 1. The van der Waals surface area contributed by atoms with Crippen molar-refractivity contribution in [3.63, 3.8) is 0 Å². The third kappa shape index (κ3) is 4.12. The van der Waals surface area contributed by atoms with Gasteiger partial charge in [0.25, 0.3) is 5.91 Å². The van der Waals surface area contributed by atoms with Crippen molar-refractivity contribution in [1.82, 2.24) is 24.3 Å². The molecule has 0 atom stereocenters. The molecule has 2 aromatic heterocycles. The quantitative estimate of drug-likeness (QED) is 0.704. The Morgan fingerprint density at radius 1 is 0.964 bits per heavy atom. The van der Waals surface area contributed by atoms with E-state index in [0.717, 1.165) is 56.1 Å². The molecule has 0 bridgehead atoms. The minimum absolute atomic E-state index is 0.108. The lowest BCUT2D eigenvalue weighted by atomic mass is 10.1. The van der Waals surface area contributed by atoms with Crippen LogP contribution < -0.4 is 0 Å². The molecule has 3 heterocycles. The van der Waals surface area contributed by atoms with Gasteiger partial charge in [0, 0.05) is 75.7 Å². The first-order chi connectivity index (χ1) is 13.7. The second-order valence-corrected chi connectivity index (χ2v) is 7.22. The van der Waals surface area contributed by atoms with E-state index in [2.05, 4.69) is 27.0 Å². The van der Waals surface area contributed by atoms with Crippen LogP contribution in [0.4, 0.5) is 0 Å². The average Bonchev–Trinajstić information content (AvgIpc) is 3.02. The molecule has 1 amide bonds. The monoisotopic (exact) mass is 375 g/mol. The van der Waals surface area contributed by atoms with E-state index >= 15 is 0 Å². The van der Waals surface area contributed by atoms with Crippen LogP contribution in [0.25, 0.3) is 11.4 Å². The molecule has 1 aliphatic rings. The molecule has 0 unspecified atom stereocenters. The van der Waals surface area contributed by atoms with Crippen LogP contribution in [0.15, 0.2) is 61.2 Å². The van der Waals surface area contributed by atoms with Crippen molar-refractivity contribution in [2.45, 2.75) is 13.0 Å². The Morgan fingerprint density at radius 3 is 2.46 bits per heavy atom. The number of rotatable bonds is 4. The van der Waals surface area contributed by atoms with Gasteiger partial charge >= 0.3 is 0 Å². The van der Waals surface area contributed by atoms with Crippen molar-refractivity contribution in [2.24, 2.45) is 7.05 Å². The van der Waals surface area contributed by atoms with Gasteiger partial charge in [-0.15, -0.1) is 0 Å². The fraction of sp³-hybridized carbons (Fsp3) is 0.318. The fourth-order valence-electron chi connectivity index (χ4n) is 3.67. The molecule has 1 fully saturated rings. The first-order valence-corrected chi connectivity index (χ1v) is 9.69. The molecule has 4 rings (SSSR count). The summed E-state index contributed by atoms with van der Waals surface area (Å²) in [5.74, 6) is 1.01. The SMILES string of the molecule is Cn1ccnc1-c1ccc(C(=O)N2CCCN(Cc3ccncc3)CC2)cc1. The number of carbonyl (C=O) groups excluding carboxylic acids is 1. The summed E-state index contributed by atoms with van der Waals surface area (Å²) in [6, 6.07) is 11.9. The molecule has 1 aromatic carbocycles. The zero-order chi connectivity index (χ0) is 19.3. The van der Waals surface area contributed by atoms with Crippen molar-refractivity contribution in [2.75, 3.05) is 26.2 Å². The normalized spacial score (nSPS) is 15.4. The number of benzene rings is 1. The minimum Gasteiger partial charge on any atom is -0.337 e. The molecule has 28 heavy (non-hydrogen) atoms. The molecular formula is C22H25N5O. The highest BCUT2D eigenvalue weighted by Gasteiger charge is 2.20. The lowest BCUT2D eigenvalue weighted by Crippen LogP contribution is -2.35. The number of imidazole rings is 1. The van der Waals surface area contributed by atoms with E-state index < -0.39 is 0 Å². The second-order valence-electron chi connectivity index (χ2n) is 7.22. The number of carbonyl (C=O) groups is 1. The molecule has 0 saturated carbocycles. The fourth-order valence-corrected chi connectivity index (χ4v) is 3.67. The van der Waals surface area contributed by atoms with Crippen molar-refractivity contribution in [1.29, 1.82) is 0 Å². The van der Waals surface area contributed by atoms with Gasteiger partial charge in [-0.1, -0.05) is 12.1 Å². The molecule has 3 aromatic rings. The Labute approximate surface area is 165 Å². The summed E-state index contributed by atoms with van der Waals surface area (Å²) < 4.78 is 1.98. The zero-order valence-corrected chi connectivity index (χ0v) is 16.2. The zero-order valence-electron chi connectivity index (χ0n) is 16.2. The van der Waals surface area contributed by atoms with Gasteiger partial charge in [-0.05, 0) is 36.2 Å². The highest BCUT2D eigenvalue weighted by Crippen LogP contribution is 2.18. The van der Waals surface area contributed by atoms with E-state index in [1.165, 1.54) is 5.56 Å². The van der Waals surface area contributed by atoms with Crippen LogP contribution in [0.3, 0.4) is 0 Å². The molecule has 1 aliphatic heterocycles. The Bertz CT molecular complexity index is 920. The van der Waals surface area contributed by atoms with E-state index in [1.807, 2.05) is 59.4 Å². The van der Waals surface area contributed by atoms with E-state index in [0.29, 0.717) is 0 Å². The Balaban J connectivity index is 1.39. The summed E-state index contributed by atoms with van der Waals surface area (Å²) in [6.07, 6.45) is 8.35. The predicted molar refractivity (Wildman–Crippen MR) is 109 cm³/mol. The maximum absolute atomic E-state index is 13.0. The summed E-state index contributed by atoms with van der Waals surface area (Å²) in [5, 5.41) is 0. The van der Waals surface area contributed by atoms with Crippen molar-refractivity contribution < 1.29 is 4.79 Å². The van der Waals surface area contributed by atoms with Crippen molar-refractivity contribution in [3.05, 3.63) is 72.3 Å². The maximum atomic E-state index is 13.0. The van der Waals surface area contributed by atoms with E-state index in [1.54, 1.807) is 6.20 Å². The van der Waals surface area contributed by atoms with Gasteiger partial charge in [-0.25, -0.2) is 4.98 Å². The van der Waals surface area contributed by atoms with Gasteiger partial charge in [0.05, 0.1) is 0 Å². The number of aryl methyl sites for hydroxylation is 1. The summed E-state index contributed by atoms with van der Waals surface area (Å²) >= 11 is 0. The number of aromatic nitrogens is 3. The Kier molecular flexibility index (Phi) is 5.48. The highest BCUT2D eigenvalue weighted by molar-refractivity contribution is 5.94. The maximum Gasteiger partial charge on any atom is 0.253 e. The highest BCUT2D eigenvalue weighted by atomic mass is 16.2. The smallest absolute Gasteiger partial charge is 0.253 e. The van der Waals surface area contributed by atoms with Gasteiger partial charge < -0.3 is 9.47 Å². The van der Waals surface area contributed by atoms with Gasteiger partial charge in [0.2, 0.25) is 0 Å². The molecule has 0 N–H and O–H groups in total. The number of amides is 1. The summed E-state index contributed by atoms with van der Waals surface area (Å²) in [6.45, 7) is 4.35. The van der Waals surface area contributed by atoms with Crippen LogP contribution in [-0.4, -0.2) is 56.4 Å². The van der Waals surface area contributed by atoms with Crippen molar-refractivity contribution in [3.8, 4) is 11.4 Å². The third-order valence-corrected chi connectivity index (χ3v) is 5.24. The average molecular weight is 375 g/mol. The number of hydrogen-bond acceptors (Lipinski definition) is 4. The molecule has 0 aliphatic carbocycles. The molecular weight excluding hydrogens is 350 g/mol. The van der Waals surface area contributed by atoms with Gasteiger partial charge in [-0.2, -0.15) is 0 Å². The molecule has 6 heteroatoms. The topological polar surface area (TPSA) is 54.3 Å². The van der Waals surface area contributed by atoms with Gasteiger partial charge in [-0.3, -0.25) is 14.7 Å². The standard InChI is InChI=1S/C22H25N5O/c1-25-14-11-24-21(25)19-3-5-20(6-4-19)22(28)27-13-2-12-26(15-16-27)17-18-7-9-23-10-8-18/h3-11,14H,2,12-13,15-17H2,1H3. The molecule has 1 saturated heterocycles. The summed E-state index contributed by atoms with van der Waals surface area (Å²) in [7, 11) is 1.97. The predicted octanol–water partition coefficient (Wildman–Crippen LogP) is 2.83. The summed E-state index contributed by atoms with van der Waals surface area (Å²) in [5.41, 5.74) is 3.02. The van der Waals surface area contributed by atoms with Gasteiger partial charge in [0.15, 0.2) is 0 Å². The van der Waals surface area contributed by atoms with Crippen LogP contribution in [0, 0.1) is 0 Å². The van der Waals surface area contributed by atoms with Crippen LogP contribution in [0.1, 0.15) is 22.3 Å². The first-order valence-electron chi connectivity index (χ1n) is 9.69. The van der Waals surface area contributed by atoms with E-state index in [-0.39, 0.29) is 5.91 Å². The largest absolute Gasteiger partial charge is 0.337 e. The van der Waals surface area contributed by atoms with Crippen LogP contribution in [0.2, 0.25) is 0 Å². The summed E-state index contributed by atoms with van der Waals surface area (Å²) in [4.78, 5) is 25.8. The number of hydrogen-bond donors (Lipinski definition) is 0. The van der Waals surface area contributed by atoms with E-state index in [4.69, 9.17) is 0 Å². The lowest BCUT2D eigenvalue weighted by Gasteiger charge is -2.22. The van der Waals surface area contributed by atoms with Gasteiger partial charge in [0.1, 0.15) is 5.82 Å². The van der Waals surface area contributed by atoms with E-state index in [9.17, 15) is 4.79 Å². The minimum atomic E-state index is 0.108. The molecule has 6 nitrogen and oxygen atoms in total. The lowest BCUT2D eigenvalue weighted by molar-refractivity contribution is 0.0761. The van der Waals surface area contributed by atoms with Crippen molar-refractivity contribution >= 4 is 5.91 Å². The second kappa shape index (κ2) is 8.35. The molecule has 0 spiro atoms. The first kappa shape index (κ1) is 18.4. The van der Waals surface area contributed by atoms with Crippen LogP contribution in [0.5, 0.6) is 0 Å². The van der Waals surface area contributed by atoms with Crippen LogP contribution in [-0.2, 0) is 13.6 Å². The Morgan fingerprint density at radius 2 is 1.75 bits per heavy atom. The van der Waals surface area contributed by atoms with Crippen LogP contribution >= 0.6 is 0 Å². The Hall–Kier alpha value is -2.99. The molecule has 0 radical (unpaired) electrons. The molecule has 144 valence electrons. The third-order valence-electron chi connectivity index (χ3n) is 5.24.